The Bertz CT molecular complexity index is 7170. The van der Waals surface area contributed by atoms with Crippen LogP contribution in [0.15, 0.2) is 297 Å². The summed E-state index contributed by atoms with van der Waals surface area (Å²) in [6.45, 7) is 4.50. The van der Waals surface area contributed by atoms with Crippen LogP contribution in [0.2, 0.25) is 0 Å². The van der Waals surface area contributed by atoms with Gasteiger partial charge in [0.05, 0.1) is 76.5 Å². The van der Waals surface area contributed by atoms with Crippen molar-refractivity contribution in [2.75, 3.05) is 0 Å². The fraction of sp³-hybridized carbons (Fsp3) is 0.0426. The Morgan fingerprint density at radius 3 is 1.45 bits per heavy atom. The SMILES string of the molecule is C/C=c1/cccc/c1=C1\C=CC=C[C@]1(C)C1=Cc2c(c3ccc4c5ccccc5sc4c3n2-c2c(C#N)c(-n3c4ccccc4c4ccccc43)c(-n3c4cccc(-c5ccccc5-c5ccccc5)c4c4ccc5c6ccccc6sc5c43)c(C#N)c2-n2c3ccccc3c3ccccc32)C1. The molecule has 0 fully saturated rings. The van der Waals surface area contributed by atoms with Gasteiger partial charge in [0.1, 0.15) is 23.3 Å². The van der Waals surface area contributed by atoms with E-state index >= 15 is 0 Å². The number of hydrogen-bond donors (Lipinski definition) is 0. The highest BCUT2D eigenvalue weighted by molar-refractivity contribution is 7.27. The van der Waals surface area contributed by atoms with Crippen LogP contribution >= 0.6 is 22.7 Å². The molecule has 13 aromatic carbocycles. The van der Waals surface area contributed by atoms with Crippen LogP contribution in [0.3, 0.4) is 0 Å². The molecule has 0 aliphatic heterocycles. The van der Waals surface area contributed by atoms with Gasteiger partial charge in [0, 0.05) is 74.1 Å². The second kappa shape index (κ2) is 22.1. The van der Waals surface area contributed by atoms with Crippen molar-refractivity contribution in [2.45, 2.75) is 20.3 Å². The molecule has 476 valence electrons. The lowest BCUT2D eigenvalue weighted by atomic mass is 9.71. The Balaban J connectivity index is 1.03. The first-order chi connectivity index (χ1) is 50.4. The summed E-state index contributed by atoms with van der Waals surface area (Å²) in [5.41, 5.74) is 18.2. The van der Waals surface area contributed by atoms with E-state index in [1.807, 2.05) is 0 Å². The summed E-state index contributed by atoms with van der Waals surface area (Å²) in [5, 5.41) is 41.6. The molecule has 6 aromatic heterocycles. The minimum absolute atomic E-state index is 0.413. The number of nitriles is 2. The number of thiophene rings is 2. The Kier molecular flexibility index (Phi) is 12.6. The zero-order valence-electron chi connectivity index (χ0n) is 55.6. The van der Waals surface area contributed by atoms with Crippen molar-refractivity contribution >= 4 is 157 Å². The summed E-state index contributed by atoms with van der Waals surface area (Å²) in [6, 6.07) is 102. The second-order valence-electron chi connectivity index (χ2n) is 27.2. The van der Waals surface area contributed by atoms with Crippen molar-refractivity contribution in [1.29, 1.82) is 10.5 Å². The van der Waals surface area contributed by atoms with Gasteiger partial charge in [-0.05, 0) is 118 Å². The van der Waals surface area contributed by atoms with E-state index in [-0.39, 0.29) is 0 Å². The number of para-hydroxylation sites is 4. The smallest absolute Gasteiger partial charge is 0.104 e. The van der Waals surface area contributed by atoms with E-state index in [2.05, 4.69) is 348 Å². The molecule has 6 nitrogen and oxygen atoms in total. The molecule has 0 amide bonds. The molecule has 0 saturated carbocycles. The maximum Gasteiger partial charge on any atom is 0.104 e. The van der Waals surface area contributed by atoms with Gasteiger partial charge in [0.25, 0.3) is 0 Å². The third-order valence-electron chi connectivity index (χ3n) is 22.2. The van der Waals surface area contributed by atoms with Gasteiger partial charge in [-0.1, -0.05) is 255 Å². The molecular weight excluding hydrogens is 1280 g/mol. The highest BCUT2D eigenvalue weighted by Crippen LogP contribution is 2.56. The van der Waals surface area contributed by atoms with Gasteiger partial charge in [-0.3, -0.25) is 0 Å². The summed E-state index contributed by atoms with van der Waals surface area (Å²) >= 11 is 3.58. The number of allylic oxidation sites excluding steroid dienone is 5. The first-order valence-corrected chi connectivity index (χ1v) is 36.4. The lowest BCUT2D eigenvalue weighted by molar-refractivity contribution is 0.671. The van der Waals surface area contributed by atoms with Crippen LogP contribution < -0.4 is 10.4 Å². The van der Waals surface area contributed by atoms with Crippen LogP contribution in [0, 0.1) is 28.1 Å². The first-order valence-electron chi connectivity index (χ1n) is 34.8. The van der Waals surface area contributed by atoms with E-state index in [0.717, 1.165) is 135 Å². The quantitative estimate of drug-likeness (QED) is 0.160. The Labute approximate surface area is 594 Å². The summed E-state index contributed by atoms with van der Waals surface area (Å²) in [6.07, 6.45) is 14.4. The van der Waals surface area contributed by atoms with Crippen LogP contribution in [0.4, 0.5) is 0 Å². The molecule has 21 rings (SSSR count). The Morgan fingerprint density at radius 1 is 0.402 bits per heavy atom. The normalized spacial score (nSPS) is 15.3. The zero-order chi connectivity index (χ0) is 67.6. The maximum absolute atomic E-state index is 13.6. The monoisotopic (exact) mass is 1330 g/mol. The molecule has 0 bridgehead atoms. The largest absolute Gasteiger partial charge is 0.306 e. The van der Waals surface area contributed by atoms with Crippen molar-refractivity contribution < 1.29 is 0 Å². The van der Waals surface area contributed by atoms with Gasteiger partial charge in [-0.2, -0.15) is 10.5 Å². The van der Waals surface area contributed by atoms with E-state index in [4.69, 9.17) is 0 Å². The average molecular weight is 1340 g/mol. The molecular formula is C94H58N6S2. The van der Waals surface area contributed by atoms with Crippen molar-refractivity contribution in [3.8, 4) is 57.1 Å². The van der Waals surface area contributed by atoms with Crippen LogP contribution in [-0.4, -0.2) is 18.3 Å². The minimum atomic E-state index is -0.551. The van der Waals surface area contributed by atoms with Crippen molar-refractivity contribution in [2.24, 2.45) is 5.41 Å². The minimum Gasteiger partial charge on any atom is -0.306 e. The standard InChI is InChI=1S/C94H58N6S2/c1-3-56-26-7-8-30-60(56)76-39-23-24-51-94(76,2)58-52-73-69-47-48-70-66-36-15-21-45-83(66)101-92(70)90(69)100(82(73)53-58)89-75(55-96)86(97-77-40-17-11-32-62(77)63-33-12-18-41-78(63)97)88(74(54-95)87(89)98-79-42-19-13-34-64(79)65-35-14-20-43-80(65)98)99-81-44-25-38-68(61-31-10-9-29-59(61)57-27-5-4-6-28-57)85(81)72-50-49-71-67-37-16-22-46-84(67)102-93(71)91(72)99/h3-51,53H,52H2,1-2H3/b56-3-,76-60-/t94-/m1/s1. The van der Waals surface area contributed by atoms with Crippen molar-refractivity contribution in [3.05, 3.63) is 330 Å². The second-order valence-corrected chi connectivity index (χ2v) is 29.3. The highest BCUT2D eigenvalue weighted by atomic mass is 32.1. The molecule has 6 heterocycles. The Morgan fingerprint density at radius 2 is 0.863 bits per heavy atom. The highest BCUT2D eigenvalue weighted by Gasteiger charge is 2.40. The van der Waals surface area contributed by atoms with E-state index in [9.17, 15) is 10.5 Å². The molecule has 102 heavy (non-hydrogen) atoms. The molecule has 0 N–H and O–H groups in total. The molecule has 2 aliphatic carbocycles. The molecule has 0 unspecified atom stereocenters. The number of aromatic nitrogens is 4. The molecule has 0 radical (unpaired) electrons. The van der Waals surface area contributed by atoms with Crippen LogP contribution in [-0.2, 0) is 6.42 Å². The number of benzene rings is 13. The van der Waals surface area contributed by atoms with Crippen molar-refractivity contribution in [1.82, 2.24) is 18.3 Å². The summed E-state index contributed by atoms with van der Waals surface area (Å²) < 4.78 is 14.1. The van der Waals surface area contributed by atoms with Gasteiger partial charge in [0.15, 0.2) is 0 Å². The van der Waals surface area contributed by atoms with E-state index in [1.165, 1.54) is 37.2 Å². The molecule has 2 aliphatic rings. The van der Waals surface area contributed by atoms with E-state index in [1.54, 1.807) is 22.7 Å². The summed E-state index contributed by atoms with van der Waals surface area (Å²) in [7, 11) is 0. The van der Waals surface area contributed by atoms with Crippen LogP contribution in [0.5, 0.6) is 0 Å². The topological polar surface area (TPSA) is 67.3 Å². The van der Waals surface area contributed by atoms with E-state index in [0.29, 0.717) is 40.3 Å². The van der Waals surface area contributed by atoms with Gasteiger partial charge >= 0.3 is 0 Å². The fourth-order valence-corrected chi connectivity index (χ4v) is 20.2. The molecule has 0 saturated heterocycles. The predicted molar refractivity (Wildman–Crippen MR) is 430 cm³/mol. The van der Waals surface area contributed by atoms with Gasteiger partial charge < -0.3 is 18.3 Å². The van der Waals surface area contributed by atoms with Gasteiger partial charge in [-0.25, -0.2) is 0 Å². The lowest BCUT2D eigenvalue weighted by Gasteiger charge is -2.32. The third-order valence-corrected chi connectivity index (χ3v) is 24.5. The molecule has 1 atom stereocenters. The zero-order valence-corrected chi connectivity index (χ0v) is 57.2. The number of rotatable bonds is 7. The average Bonchev–Trinajstić information content (AvgIpc) is 1.66. The maximum atomic E-state index is 13.6. The summed E-state index contributed by atoms with van der Waals surface area (Å²) in [4.78, 5) is 0. The number of fused-ring (bicyclic) bond motifs is 20. The Hall–Kier alpha value is -12.8. The van der Waals surface area contributed by atoms with Crippen molar-refractivity contribution in [3.63, 3.8) is 0 Å². The third kappa shape index (κ3) is 7.96. The number of hydrogen-bond acceptors (Lipinski definition) is 4. The van der Waals surface area contributed by atoms with E-state index < -0.39 is 5.41 Å². The summed E-state index contributed by atoms with van der Waals surface area (Å²) in [5.74, 6) is 0. The predicted octanol–water partition coefficient (Wildman–Crippen LogP) is 23.5. The van der Waals surface area contributed by atoms with Gasteiger partial charge in [0.2, 0.25) is 0 Å². The molecule has 0 spiro atoms. The molecule has 8 heteroatoms. The van der Waals surface area contributed by atoms with Crippen LogP contribution in [0.1, 0.15) is 36.2 Å². The first kappa shape index (κ1) is 58.2. The van der Waals surface area contributed by atoms with Gasteiger partial charge in [-0.15, -0.1) is 22.7 Å². The number of nitrogens with zero attached hydrogens (tertiary/aromatic N) is 6. The fourth-order valence-electron chi connectivity index (χ4n) is 17.7. The van der Waals surface area contributed by atoms with Crippen LogP contribution in [0.25, 0.3) is 179 Å². The lowest BCUT2D eigenvalue weighted by Crippen LogP contribution is -2.33. The molecule has 19 aromatic rings.